The van der Waals surface area contributed by atoms with Crippen LogP contribution in [-0.4, -0.2) is 51.5 Å². The van der Waals surface area contributed by atoms with Crippen molar-refractivity contribution in [3.63, 3.8) is 0 Å². The quantitative estimate of drug-likeness (QED) is 0.659. The van der Waals surface area contributed by atoms with Gasteiger partial charge in [-0.25, -0.2) is 4.98 Å². The highest BCUT2D eigenvalue weighted by Crippen LogP contribution is 2.23. The van der Waals surface area contributed by atoms with Crippen LogP contribution in [0.4, 0.5) is 5.69 Å². The summed E-state index contributed by atoms with van der Waals surface area (Å²) in [5, 5.41) is 8.89. The fourth-order valence-electron chi connectivity index (χ4n) is 2.64. The van der Waals surface area contributed by atoms with Crippen molar-refractivity contribution in [2.45, 2.75) is 18.9 Å². The van der Waals surface area contributed by atoms with Crippen molar-refractivity contribution in [1.29, 1.82) is 0 Å². The number of anilines is 1. The van der Waals surface area contributed by atoms with Crippen LogP contribution in [0.3, 0.4) is 0 Å². The van der Waals surface area contributed by atoms with Crippen molar-refractivity contribution in [3.8, 4) is 0 Å². The first-order chi connectivity index (χ1) is 11.5. The number of hydrogen-bond acceptors (Lipinski definition) is 4. The highest BCUT2D eigenvalue weighted by molar-refractivity contribution is 6.18. The number of fused-ring (bicyclic) bond motifs is 1. The average Bonchev–Trinajstić information content (AvgIpc) is 2.88. The van der Waals surface area contributed by atoms with E-state index in [1.54, 1.807) is 0 Å². The van der Waals surface area contributed by atoms with Gasteiger partial charge in [0, 0.05) is 44.0 Å². The maximum Gasteiger partial charge on any atom is 0.320 e. The molecule has 1 heterocycles. The number of benzene rings is 1. The van der Waals surface area contributed by atoms with E-state index < -0.39 is 12.0 Å². The van der Waals surface area contributed by atoms with Gasteiger partial charge < -0.3 is 20.3 Å². The molecule has 0 radical (unpaired) electrons. The van der Waals surface area contributed by atoms with Crippen molar-refractivity contribution >= 4 is 45.9 Å². The molecule has 0 aliphatic rings. The second-order valence-electron chi connectivity index (χ2n) is 5.61. The molecule has 1 aromatic heterocycles. The van der Waals surface area contributed by atoms with Gasteiger partial charge in [0.15, 0.2) is 0 Å². The summed E-state index contributed by atoms with van der Waals surface area (Å²) in [5.41, 5.74) is 8.45. The molecule has 6 nitrogen and oxygen atoms in total. The highest BCUT2D eigenvalue weighted by atomic mass is 35.5. The van der Waals surface area contributed by atoms with Gasteiger partial charge in [-0.1, -0.05) is 0 Å². The van der Waals surface area contributed by atoms with Gasteiger partial charge in [0.05, 0.1) is 11.0 Å². The minimum atomic E-state index is -0.992. The van der Waals surface area contributed by atoms with E-state index in [0.717, 1.165) is 22.5 Å². The van der Waals surface area contributed by atoms with Gasteiger partial charge in [-0.3, -0.25) is 4.79 Å². The summed E-state index contributed by atoms with van der Waals surface area (Å²) in [6, 6.07) is 5.17. The molecule has 1 unspecified atom stereocenters. The van der Waals surface area contributed by atoms with Gasteiger partial charge in [0.2, 0.25) is 0 Å². The number of carboxylic acids is 1. The lowest BCUT2D eigenvalue weighted by Crippen LogP contribution is -2.30. The second-order valence-corrected chi connectivity index (χ2v) is 6.36. The SMILES string of the molecule is Cn1c(CCC(N)C(=O)O)nc2cc(N(CCCl)CCCl)ccc21. The number of halogens is 2. The fourth-order valence-corrected chi connectivity index (χ4v) is 3.05. The molecule has 3 N–H and O–H groups in total. The number of carbonyl (C=O) groups is 1. The summed E-state index contributed by atoms with van der Waals surface area (Å²) in [6.45, 7) is 1.43. The maximum absolute atomic E-state index is 10.8. The molecular weight excluding hydrogens is 351 g/mol. The molecule has 132 valence electrons. The second kappa shape index (κ2) is 8.55. The number of hydrogen-bond donors (Lipinski definition) is 2. The minimum absolute atomic E-state index is 0.351. The van der Waals surface area contributed by atoms with E-state index in [-0.39, 0.29) is 0 Å². The Balaban J connectivity index is 2.25. The molecule has 0 amide bonds. The van der Waals surface area contributed by atoms with Crippen LogP contribution in [0.2, 0.25) is 0 Å². The Kier molecular flexibility index (Phi) is 6.71. The molecule has 0 aliphatic carbocycles. The molecule has 0 fully saturated rings. The van der Waals surface area contributed by atoms with E-state index in [9.17, 15) is 4.79 Å². The fraction of sp³-hybridized carbons (Fsp3) is 0.500. The highest BCUT2D eigenvalue weighted by Gasteiger charge is 2.15. The summed E-state index contributed by atoms with van der Waals surface area (Å²) < 4.78 is 1.97. The van der Waals surface area contributed by atoms with Crippen molar-refractivity contribution in [3.05, 3.63) is 24.0 Å². The average molecular weight is 373 g/mol. The maximum atomic E-state index is 10.8. The summed E-state index contributed by atoms with van der Waals surface area (Å²) in [5.74, 6) is 0.874. The molecular formula is C16H22Cl2N4O2. The van der Waals surface area contributed by atoms with Crippen molar-refractivity contribution in [2.24, 2.45) is 12.8 Å². The predicted octanol–water partition coefficient (Wildman–Crippen LogP) is 2.20. The van der Waals surface area contributed by atoms with Crippen LogP contribution >= 0.6 is 23.2 Å². The molecule has 24 heavy (non-hydrogen) atoms. The van der Waals surface area contributed by atoms with Gasteiger partial charge in [0.1, 0.15) is 11.9 Å². The van der Waals surface area contributed by atoms with Gasteiger partial charge in [-0.2, -0.15) is 0 Å². The number of alkyl halides is 2. The van der Waals surface area contributed by atoms with Gasteiger partial charge >= 0.3 is 5.97 Å². The molecule has 0 spiro atoms. The third-order valence-corrected chi connectivity index (χ3v) is 4.37. The number of nitrogens with two attached hydrogens (primary N) is 1. The lowest BCUT2D eigenvalue weighted by atomic mass is 10.1. The molecule has 1 aromatic carbocycles. The van der Waals surface area contributed by atoms with Gasteiger partial charge in [-0.05, 0) is 24.6 Å². The van der Waals surface area contributed by atoms with E-state index in [1.165, 1.54) is 0 Å². The predicted molar refractivity (Wildman–Crippen MR) is 98.3 cm³/mol. The monoisotopic (exact) mass is 372 g/mol. The largest absolute Gasteiger partial charge is 0.480 e. The lowest BCUT2D eigenvalue weighted by molar-refractivity contribution is -0.138. The third kappa shape index (κ3) is 4.32. The molecule has 0 aliphatic heterocycles. The molecule has 2 rings (SSSR count). The van der Waals surface area contributed by atoms with Crippen LogP contribution in [-0.2, 0) is 18.3 Å². The lowest BCUT2D eigenvalue weighted by Gasteiger charge is -2.22. The molecule has 2 aromatic rings. The summed E-state index contributed by atoms with van der Waals surface area (Å²) in [4.78, 5) is 17.6. The van der Waals surface area contributed by atoms with Gasteiger partial charge in [-0.15, -0.1) is 23.2 Å². The number of imidazole rings is 1. The van der Waals surface area contributed by atoms with Crippen LogP contribution in [0.5, 0.6) is 0 Å². The number of carboxylic acid groups (broad SMARTS) is 1. The van der Waals surface area contributed by atoms with Crippen LogP contribution in [0, 0.1) is 0 Å². The molecule has 0 saturated heterocycles. The van der Waals surface area contributed by atoms with Gasteiger partial charge in [0.25, 0.3) is 0 Å². The molecule has 1 atom stereocenters. The topological polar surface area (TPSA) is 84.4 Å². The first-order valence-electron chi connectivity index (χ1n) is 7.78. The smallest absolute Gasteiger partial charge is 0.320 e. The van der Waals surface area contributed by atoms with E-state index >= 15 is 0 Å². The zero-order valence-corrected chi connectivity index (χ0v) is 15.1. The number of rotatable bonds is 9. The Hall–Kier alpha value is -1.50. The van der Waals surface area contributed by atoms with E-state index in [4.69, 9.17) is 34.0 Å². The zero-order valence-electron chi connectivity index (χ0n) is 13.6. The third-order valence-electron chi connectivity index (χ3n) is 4.03. The Morgan fingerprint density at radius 3 is 2.62 bits per heavy atom. The Morgan fingerprint density at radius 1 is 1.38 bits per heavy atom. The number of aliphatic carboxylic acids is 1. The summed E-state index contributed by atoms with van der Waals surface area (Å²) in [7, 11) is 1.92. The number of nitrogens with zero attached hydrogens (tertiary/aromatic N) is 3. The van der Waals surface area contributed by atoms with Crippen LogP contribution in [0.25, 0.3) is 11.0 Å². The minimum Gasteiger partial charge on any atom is -0.480 e. The molecule has 0 bridgehead atoms. The normalized spacial score (nSPS) is 12.5. The van der Waals surface area contributed by atoms with Crippen LogP contribution < -0.4 is 10.6 Å². The first kappa shape index (κ1) is 18.8. The van der Waals surface area contributed by atoms with Crippen molar-refractivity contribution in [1.82, 2.24) is 9.55 Å². The van der Waals surface area contributed by atoms with Crippen LogP contribution in [0.1, 0.15) is 12.2 Å². The molecule has 0 saturated carbocycles. The van der Waals surface area contributed by atoms with Crippen LogP contribution in [0.15, 0.2) is 18.2 Å². The Bertz CT molecular complexity index is 699. The molecule has 8 heteroatoms. The standard InChI is InChI=1S/C16H22Cl2N4O2/c1-21-14-4-2-11(22(8-6-17)9-7-18)10-13(14)20-15(21)5-3-12(19)16(23)24/h2,4,10,12H,3,5-9,19H2,1H3,(H,23,24). The summed E-state index contributed by atoms with van der Waals surface area (Å²) in [6.07, 6.45) is 0.866. The summed E-state index contributed by atoms with van der Waals surface area (Å²) >= 11 is 11.7. The first-order valence-corrected chi connectivity index (χ1v) is 8.85. The number of aryl methyl sites for hydroxylation is 2. The van der Waals surface area contributed by atoms with E-state index in [0.29, 0.717) is 37.7 Å². The zero-order chi connectivity index (χ0) is 17.7. The Morgan fingerprint density at radius 2 is 2.04 bits per heavy atom. The van der Waals surface area contributed by atoms with E-state index in [2.05, 4.69) is 9.88 Å². The van der Waals surface area contributed by atoms with E-state index in [1.807, 2.05) is 29.8 Å². The Labute approximate surface area is 151 Å². The van der Waals surface area contributed by atoms with Crippen molar-refractivity contribution < 1.29 is 9.90 Å². The number of aromatic nitrogens is 2. The van der Waals surface area contributed by atoms with Crippen molar-refractivity contribution in [2.75, 3.05) is 29.7 Å².